The highest BCUT2D eigenvalue weighted by Gasteiger charge is 2.15. The standard InChI is InChI=1S/C23H28N4O/c1-16(2)27-22(25-18(4)20-13-9-6-10-14-20)15-21(26-23(27)28)24-17(3)19-11-7-5-8-12-19/h5-18,25H,1-4H3,(H,24,26,28)/t17-,18-/m0/s1. The van der Waals surface area contributed by atoms with Gasteiger partial charge >= 0.3 is 5.69 Å². The second-order valence-corrected chi connectivity index (χ2v) is 7.33. The Bertz CT molecular complexity index is 951. The van der Waals surface area contributed by atoms with Gasteiger partial charge in [0.2, 0.25) is 0 Å². The van der Waals surface area contributed by atoms with Crippen molar-refractivity contribution in [2.75, 3.05) is 10.6 Å². The Labute approximate surface area is 166 Å². The third kappa shape index (κ3) is 4.60. The summed E-state index contributed by atoms with van der Waals surface area (Å²) in [4.78, 5) is 17.0. The maximum absolute atomic E-state index is 12.7. The molecule has 146 valence electrons. The highest BCUT2D eigenvalue weighted by Crippen LogP contribution is 2.24. The summed E-state index contributed by atoms with van der Waals surface area (Å²) >= 11 is 0. The molecule has 3 aromatic rings. The summed E-state index contributed by atoms with van der Waals surface area (Å²) in [6.45, 7) is 8.12. The van der Waals surface area contributed by atoms with Crippen molar-refractivity contribution < 1.29 is 0 Å². The summed E-state index contributed by atoms with van der Waals surface area (Å²) in [5, 5.41) is 6.84. The van der Waals surface area contributed by atoms with Crippen LogP contribution in [0, 0.1) is 0 Å². The van der Waals surface area contributed by atoms with Gasteiger partial charge in [-0.05, 0) is 38.8 Å². The first-order valence-corrected chi connectivity index (χ1v) is 9.72. The Balaban J connectivity index is 1.90. The molecule has 1 aromatic heterocycles. The second kappa shape index (κ2) is 8.74. The van der Waals surface area contributed by atoms with Gasteiger partial charge in [0.1, 0.15) is 11.6 Å². The summed E-state index contributed by atoms with van der Waals surface area (Å²) in [6, 6.07) is 22.3. The van der Waals surface area contributed by atoms with Gasteiger partial charge in [0.05, 0.1) is 0 Å². The van der Waals surface area contributed by atoms with Crippen molar-refractivity contribution in [3.05, 3.63) is 88.3 Å². The van der Waals surface area contributed by atoms with E-state index in [0.717, 1.165) is 16.9 Å². The lowest BCUT2D eigenvalue weighted by Crippen LogP contribution is -2.29. The topological polar surface area (TPSA) is 59.0 Å². The van der Waals surface area contributed by atoms with Crippen molar-refractivity contribution in [2.45, 2.75) is 45.8 Å². The van der Waals surface area contributed by atoms with E-state index in [0.29, 0.717) is 5.82 Å². The Hall–Kier alpha value is -3.08. The molecule has 0 aliphatic rings. The predicted molar refractivity (Wildman–Crippen MR) is 116 cm³/mol. The molecule has 0 bridgehead atoms. The molecular formula is C23H28N4O. The number of aromatic nitrogens is 2. The monoisotopic (exact) mass is 376 g/mol. The second-order valence-electron chi connectivity index (χ2n) is 7.33. The molecule has 2 aromatic carbocycles. The maximum Gasteiger partial charge on any atom is 0.351 e. The van der Waals surface area contributed by atoms with E-state index in [1.807, 2.05) is 56.3 Å². The van der Waals surface area contributed by atoms with Crippen LogP contribution in [0.15, 0.2) is 71.5 Å². The fraction of sp³-hybridized carbons (Fsp3) is 0.304. The van der Waals surface area contributed by atoms with Crippen molar-refractivity contribution >= 4 is 11.6 Å². The summed E-state index contributed by atoms with van der Waals surface area (Å²) in [5.41, 5.74) is 2.04. The predicted octanol–water partition coefficient (Wildman–Crippen LogP) is 5.17. The minimum atomic E-state index is -0.261. The minimum Gasteiger partial charge on any atom is -0.365 e. The van der Waals surface area contributed by atoms with Crippen LogP contribution in [-0.4, -0.2) is 9.55 Å². The molecule has 0 saturated carbocycles. The number of anilines is 2. The molecule has 0 radical (unpaired) electrons. The van der Waals surface area contributed by atoms with E-state index in [-0.39, 0.29) is 23.8 Å². The normalized spacial score (nSPS) is 13.2. The number of hydrogen-bond acceptors (Lipinski definition) is 4. The fourth-order valence-electron chi connectivity index (χ4n) is 3.27. The number of rotatable bonds is 7. The molecule has 0 saturated heterocycles. The number of hydrogen-bond donors (Lipinski definition) is 2. The molecule has 0 fully saturated rings. The molecule has 3 rings (SSSR count). The molecule has 0 aliphatic heterocycles. The van der Waals surface area contributed by atoms with Gasteiger partial charge in [-0.2, -0.15) is 4.98 Å². The zero-order chi connectivity index (χ0) is 20.1. The van der Waals surface area contributed by atoms with E-state index in [4.69, 9.17) is 0 Å². The number of nitrogens with one attached hydrogen (secondary N) is 2. The van der Waals surface area contributed by atoms with Crippen molar-refractivity contribution in [1.29, 1.82) is 0 Å². The molecule has 0 unspecified atom stereocenters. The van der Waals surface area contributed by atoms with Gasteiger partial charge in [0.25, 0.3) is 0 Å². The quantitative estimate of drug-likeness (QED) is 0.597. The van der Waals surface area contributed by atoms with Gasteiger partial charge in [-0.3, -0.25) is 4.57 Å². The Morgan fingerprint density at radius 1 is 0.786 bits per heavy atom. The van der Waals surface area contributed by atoms with Crippen LogP contribution in [-0.2, 0) is 0 Å². The SMILES string of the molecule is CC(C)n1c(N[C@@H](C)c2ccccc2)cc(N[C@@H](C)c2ccccc2)nc1=O. The van der Waals surface area contributed by atoms with Gasteiger partial charge in [-0.1, -0.05) is 60.7 Å². The zero-order valence-electron chi connectivity index (χ0n) is 16.9. The van der Waals surface area contributed by atoms with Gasteiger partial charge in [0.15, 0.2) is 0 Å². The summed E-state index contributed by atoms with van der Waals surface area (Å²) < 4.78 is 1.69. The molecule has 2 N–H and O–H groups in total. The summed E-state index contributed by atoms with van der Waals surface area (Å²) in [7, 11) is 0. The minimum absolute atomic E-state index is 0.00562. The van der Waals surface area contributed by atoms with E-state index in [9.17, 15) is 4.79 Å². The van der Waals surface area contributed by atoms with Crippen molar-refractivity contribution in [3.8, 4) is 0 Å². The van der Waals surface area contributed by atoms with Crippen molar-refractivity contribution in [3.63, 3.8) is 0 Å². The first-order valence-electron chi connectivity index (χ1n) is 9.72. The number of nitrogens with zero attached hydrogens (tertiary/aromatic N) is 2. The smallest absolute Gasteiger partial charge is 0.351 e. The molecular weight excluding hydrogens is 348 g/mol. The lowest BCUT2D eigenvalue weighted by atomic mass is 10.1. The van der Waals surface area contributed by atoms with Crippen LogP contribution >= 0.6 is 0 Å². The van der Waals surface area contributed by atoms with E-state index < -0.39 is 0 Å². The van der Waals surface area contributed by atoms with E-state index in [1.54, 1.807) is 4.57 Å². The van der Waals surface area contributed by atoms with Crippen LogP contribution in [0.3, 0.4) is 0 Å². The first-order chi connectivity index (χ1) is 13.5. The maximum atomic E-state index is 12.7. The van der Waals surface area contributed by atoms with E-state index in [2.05, 4.69) is 53.7 Å². The third-order valence-corrected chi connectivity index (χ3v) is 4.80. The number of benzene rings is 2. The zero-order valence-corrected chi connectivity index (χ0v) is 16.9. The molecule has 0 amide bonds. The van der Waals surface area contributed by atoms with Crippen LogP contribution in [0.5, 0.6) is 0 Å². The lowest BCUT2D eigenvalue weighted by molar-refractivity contribution is 0.566. The van der Waals surface area contributed by atoms with Crippen molar-refractivity contribution in [1.82, 2.24) is 9.55 Å². The van der Waals surface area contributed by atoms with Crippen LogP contribution in [0.4, 0.5) is 11.6 Å². The van der Waals surface area contributed by atoms with Crippen LogP contribution in [0.1, 0.15) is 56.9 Å². The van der Waals surface area contributed by atoms with Crippen molar-refractivity contribution in [2.24, 2.45) is 0 Å². The molecule has 0 aliphatic carbocycles. The van der Waals surface area contributed by atoms with E-state index >= 15 is 0 Å². The molecule has 5 nitrogen and oxygen atoms in total. The van der Waals surface area contributed by atoms with Gasteiger partial charge < -0.3 is 10.6 Å². The Morgan fingerprint density at radius 2 is 1.29 bits per heavy atom. The fourth-order valence-corrected chi connectivity index (χ4v) is 3.27. The Kier molecular flexibility index (Phi) is 6.14. The van der Waals surface area contributed by atoms with Gasteiger partial charge in [-0.25, -0.2) is 4.79 Å². The van der Waals surface area contributed by atoms with Gasteiger partial charge in [0, 0.05) is 24.2 Å². The molecule has 1 heterocycles. The largest absolute Gasteiger partial charge is 0.365 e. The first kappa shape index (κ1) is 19.7. The van der Waals surface area contributed by atoms with Gasteiger partial charge in [-0.15, -0.1) is 0 Å². The van der Waals surface area contributed by atoms with E-state index in [1.165, 1.54) is 0 Å². The Morgan fingerprint density at radius 3 is 1.79 bits per heavy atom. The van der Waals surface area contributed by atoms with Crippen LogP contribution in [0.25, 0.3) is 0 Å². The van der Waals surface area contributed by atoms with Crippen LogP contribution in [0.2, 0.25) is 0 Å². The molecule has 5 heteroatoms. The molecule has 0 spiro atoms. The third-order valence-electron chi connectivity index (χ3n) is 4.80. The van der Waals surface area contributed by atoms with Crippen LogP contribution < -0.4 is 16.3 Å². The lowest BCUT2D eigenvalue weighted by Gasteiger charge is -2.23. The average Bonchev–Trinajstić information content (AvgIpc) is 2.68. The summed E-state index contributed by atoms with van der Waals surface area (Å²) in [5.74, 6) is 1.33. The summed E-state index contributed by atoms with van der Waals surface area (Å²) in [6.07, 6.45) is 0. The molecule has 2 atom stereocenters. The highest BCUT2D eigenvalue weighted by atomic mass is 16.1. The average molecular weight is 377 g/mol. The highest BCUT2D eigenvalue weighted by molar-refractivity contribution is 5.50. The molecule has 28 heavy (non-hydrogen) atoms.